The molecule has 4 aliphatic carbocycles. The maximum atomic E-state index is 13.0. The molecule has 0 aromatic heterocycles. The van der Waals surface area contributed by atoms with Crippen molar-refractivity contribution in [2.45, 2.75) is 78.7 Å². The van der Waals surface area contributed by atoms with Gasteiger partial charge in [0.2, 0.25) is 0 Å². The third-order valence-corrected chi connectivity index (χ3v) is 8.99. The van der Waals surface area contributed by atoms with E-state index >= 15 is 0 Å². The van der Waals surface area contributed by atoms with E-state index in [2.05, 4.69) is 32.9 Å². The van der Waals surface area contributed by atoms with Gasteiger partial charge in [-0.25, -0.2) is 0 Å². The smallest absolute Gasteiger partial charge is 0.302 e. The number of ketones is 1. The second-order valence-corrected chi connectivity index (χ2v) is 10.1. The maximum Gasteiger partial charge on any atom is 0.302 e. The molecule has 8 atom stereocenters. The highest BCUT2D eigenvalue weighted by Gasteiger charge is 2.62. The summed E-state index contributed by atoms with van der Waals surface area (Å²) in [6.07, 6.45) is 12.1. The molecule has 0 saturated heterocycles. The summed E-state index contributed by atoms with van der Waals surface area (Å²) in [5.74, 6) is 2.84. The highest BCUT2D eigenvalue weighted by Crippen LogP contribution is 2.66. The predicted octanol–water partition coefficient (Wildman–Crippen LogP) is 4.94. The Hall–Kier alpha value is -1.12. The predicted molar refractivity (Wildman–Crippen MR) is 101 cm³/mol. The molecule has 0 unspecified atom stereocenters. The first kappa shape index (κ1) is 18.3. The molecule has 0 amide bonds. The molecule has 0 N–H and O–H groups in total. The fourth-order valence-electron chi connectivity index (χ4n) is 7.81. The zero-order valence-electron chi connectivity index (χ0n) is 16.8. The van der Waals surface area contributed by atoms with Gasteiger partial charge in [-0.05, 0) is 74.0 Å². The average molecular weight is 359 g/mol. The van der Waals surface area contributed by atoms with Gasteiger partial charge in [-0.15, -0.1) is 0 Å². The molecule has 0 spiro atoms. The molecule has 0 bridgehead atoms. The molecule has 0 aliphatic heterocycles. The molecule has 0 radical (unpaired) electrons. The third kappa shape index (κ3) is 2.52. The van der Waals surface area contributed by atoms with Gasteiger partial charge in [0, 0.05) is 25.2 Å². The molecule has 3 saturated carbocycles. The first-order valence-electron chi connectivity index (χ1n) is 10.6. The lowest BCUT2D eigenvalue weighted by atomic mass is 9.45. The van der Waals surface area contributed by atoms with Crippen LogP contribution in [-0.4, -0.2) is 17.9 Å². The molecule has 3 nitrogen and oxygen atoms in total. The Morgan fingerprint density at radius 3 is 2.62 bits per heavy atom. The molecular formula is C23H34O3. The number of fused-ring (bicyclic) bond motifs is 5. The zero-order valence-corrected chi connectivity index (χ0v) is 16.8. The van der Waals surface area contributed by atoms with Crippen molar-refractivity contribution in [2.24, 2.45) is 40.4 Å². The second-order valence-electron chi connectivity index (χ2n) is 10.1. The van der Waals surface area contributed by atoms with Gasteiger partial charge in [0.15, 0.2) is 0 Å². The first-order valence-corrected chi connectivity index (χ1v) is 10.6. The molecule has 3 fully saturated rings. The van der Waals surface area contributed by atoms with Crippen molar-refractivity contribution in [3.63, 3.8) is 0 Å². The standard InChI is InChI=1S/C23H34O3/c1-14(26-15(2)24)17-8-9-18-16-13-21(25)20-7-5-6-11-22(20,3)19(16)10-12-23(17,18)4/h5-6,14,16-20H,7-13H2,1-4H3/t14-,16+,17-,18+,19+,20-,22-,23-/m1/s1. The molecule has 4 aliphatic rings. The number of Topliss-reactive ketones (excluding diaryl/α,β-unsaturated/α-hetero) is 1. The summed E-state index contributed by atoms with van der Waals surface area (Å²) in [5, 5.41) is 0. The van der Waals surface area contributed by atoms with Crippen LogP contribution in [0.2, 0.25) is 0 Å². The Labute approximate surface area is 157 Å². The van der Waals surface area contributed by atoms with Crippen molar-refractivity contribution in [3.8, 4) is 0 Å². The molecule has 144 valence electrons. The number of rotatable bonds is 2. The van der Waals surface area contributed by atoms with E-state index in [4.69, 9.17) is 4.74 Å². The van der Waals surface area contributed by atoms with Gasteiger partial charge in [0.05, 0.1) is 0 Å². The van der Waals surface area contributed by atoms with Crippen LogP contribution in [0.1, 0.15) is 72.6 Å². The molecule has 26 heavy (non-hydrogen) atoms. The summed E-state index contributed by atoms with van der Waals surface area (Å²) in [5.41, 5.74) is 0.375. The van der Waals surface area contributed by atoms with Gasteiger partial charge in [-0.3, -0.25) is 9.59 Å². The van der Waals surface area contributed by atoms with Crippen LogP contribution < -0.4 is 0 Å². The number of hydrogen-bond donors (Lipinski definition) is 0. The number of carbonyl (C=O) groups is 2. The third-order valence-electron chi connectivity index (χ3n) is 8.99. The summed E-state index contributed by atoms with van der Waals surface area (Å²) in [7, 11) is 0. The van der Waals surface area contributed by atoms with Crippen LogP contribution in [0.4, 0.5) is 0 Å². The van der Waals surface area contributed by atoms with Crippen molar-refractivity contribution >= 4 is 11.8 Å². The van der Waals surface area contributed by atoms with Crippen LogP contribution in [0.3, 0.4) is 0 Å². The minimum Gasteiger partial charge on any atom is -0.463 e. The van der Waals surface area contributed by atoms with Gasteiger partial charge >= 0.3 is 5.97 Å². The van der Waals surface area contributed by atoms with Crippen LogP contribution in [0.5, 0.6) is 0 Å². The number of allylic oxidation sites excluding steroid dienone is 2. The lowest BCUT2D eigenvalue weighted by Gasteiger charge is -2.59. The van der Waals surface area contributed by atoms with Crippen LogP contribution in [0, 0.1) is 40.4 Å². The van der Waals surface area contributed by atoms with E-state index in [9.17, 15) is 9.59 Å². The molecule has 0 aromatic carbocycles. The van der Waals surface area contributed by atoms with Gasteiger partial charge in [0.1, 0.15) is 11.9 Å². The van der Waals surface area contributed by atoms with E-state index in [1.165, 1.54) is 26.2 Å². The summed E-state index contributed by atoms with van der Waals surface area (Å²) in [6.45, 7) is 8.40. The maximum absolute atomic E-state index is 13.0. The van der Waals surface area contributed by atoms with Crippen molar-refractivity contribution in [1.29, 1.82) is 0 Å². The normalized spacial score (nSPS) is 48.3. The number of esters is 1. The first-order chi connectivity index (χ1) is 12.3. The summed E-state index contributed by atoms with van der Waals surface area (Å²) in [4.78, 5) is 24.5. The average Bonchev–Trinajstić information content (AvgIpc) is 2.92. The Kier molecular flexibility index (Phi) is 4.36. The van der Waals surface area contributed by atoms with Crippen molar-refractivity contribution in [1.82, 2.24) is 0 Å². The quantitative estimate of drug-likeness (QED) is 0.518. The topological polar surface area (TPSA) is 43.4 Å². The highest BCUT2D eigenvalue weighted by atomic mass is 16.5. The van der Waals surface area contributed by atoms with E-state index < -0.39 is 0 Å². The highest BCUT2D eigenvalue weighted by molar-refractivity contribution is 5.83. The summed E-state index contributed by atoms with van der Waals surface area (Å²) < 4.78 is 5.60. The molecule has 4 rings (SSSR count). The van der Waals surface area contributed by atoms with Crippen molar-refractivity contribution < 1.29 is 14.3 Å². The van der Waals surface area contributed by atoms with E-state index in [1.807, 2.05) is 0 Å². The van der Waals surface area contributed by atoms with Gasteiger partial charge in [-0.2, -0.15) is 0 Å². The lowest BCUT2D eigenvalue weighted by Crippen LogP contribution is -2.55. The van der Waals surface area contributed by atoms with E-state index in [0.29, 0.717) is 29.5 Å². The number of ether oxygens (including phenoxy) is 1. The fraction of sp³-hybridized carbons (Fsp3) is 0.826. The molecule has 0 aromatic rings. The van der Waals surface area contributed by atoms with Crippen molar-refractivity contribution in [3.05, 3.63) is 12.2 Å². The van der Waals surface area contributed by atoms with E-state index in [1.54, 1.807) is 0 Å². The van der Waals surface area contributed by atoms with E-state index in [0.717, 1.165) is 25.7 Å². The van der Waals surface area contributed by atoms with Gasteiger partial charge in [-0.1, -0.05) is 26.0 Å². The van der Waals surface area contributed by atoms with Crippen LogP contribution in [0.15, 0.2) is 12.2 Å². The number of carbonyl (C=O) groups excluding carboxylic acids is 2. The fourth-order valence-corrected chi connectivity index (χ4v) is 7.81. The Bertz CT molecular complexity index is 637. The summed E-state index contributed by atoms with van der Waals surface area (Å²) >= 11 is 0. The summed E-state index contributed by atoms with van der Waals surface area (Å²) in [6, 6.07) is 0. The molecule has 3 heteroatoms. The zero-order chi connectivity index (χ0) is 18.7. The molecular weight excluding hydrogens is 324 g/mol. The van der Waals surface area contributed by atoms with E-state index in [-0.39, 0.29) is 28.8 Å². The SMILES string of the molecule is CC(=O)O[C@H](C)[C@H]1CC[C@H]2[C@@H]3CC(=O)[C@H]4CC=CC[C@]4(C)[C@H]3CC[C@]12C. The Balaban J connectivity index is 1.62. The minimum atomic E-state index is -0.171. The monoisotopic (exact) mass is 358 g/mol. The van der Waals surface area contributed by atoms with Crippen LogP contribution in [0.25, 0.3) is 0 Å². The Morgan fingerprint density at radius 1 is 1.15 bits per heavy atom. The van der Waals surface area contributed by atoms with Crippen LogP contribution in [-0.2, 0) is 14.3 Å². The lowest BCUT2D eigenvalue weighted by molar-refractivity contribution is -0.156. The van der Waals surface area contributed by atoms with Gasteiger partial charge < -0.3 is 4.74 Å². The van der Waals surface area contributed by atoms with Gasteiger partial charge in [0.25, 0.3) is 0 Å². The second kappa shape index (κ2) is 6.21. The van der Waals surface area contributed by atoms with Crippen LogP contribution >= 0.6 is 0 Å². The number of hydrogen-bond acceptors (Lipinski definition) is 3. The molecule has 0 heterocycles. The largest absolute Gasteiger partial charge is 0.463 e. The van der Waals surface area contributed by atoms with Crippen molar-refractivity contribution in [2.75, 3.05) is 0 Å². The minimum absolute atomic E-state index is 0.0145. The Morgan fingerprint density at radius 2 is 1.88 bits per heavy atom.